The van der Waals surface area contributed by atoms with Crippen LogP contribution in [0.3, 0.4) is 0 Å². The lowest BCUT2D eigenvalue weighted by Gasteiger charge is -2.09. The van der Waals surface area contributed by atoms with Crippen LogP contribution in [0.1, 0.15) is 31.2 Å². The Labute approximate surface area is 106 Å². The van der Waals surface area contributed by atoms with E-state index in [9.17, 15) is 5.11 Å². The van der Waals surface area contributed by atoms with Crippen molar-refractivity contribution in [3.05, 3.63) is 41.7 Å². The lowest BCUT2D eigenvalue weighted by atomic mass is 10.1. The predicted molar refractivity (Wildman–Crippen MR) is 69.0 cm³/mol. The number of hydrogen-bond acceptors (Lipinski definition) is 4. The van der Waals surface area contributed by atoms with Crippen LogP contribution >= 0.6 is 0 Å². The summed E-state index contributed by atoms with van der Waals surface area (Å²) in [5.74, 6) is 0.998. The van der Waals surface area contributed by atoms with E-state index in [0.717, 1.165) is 11.4 Å². The van der Waals surface area contributed by atoms with Gasteiger partial charge in [-0.15, -0.1) is 0 Å². The van der Waals surface area contributed by atoms with Crippen LogP contribution in [0.4, 0.5) is 0 Å². The van der Waals surface area contributed by atoms with E-state index in [0.29, 0.717) is 17.7 Å². The van der Waals surface area contributed by atoms with Crippen LogP contribution in [0.15, 0.2) is 30.3 Å². The molecule has 4 heteroatoms. The van der Waals surface area contributed by atoms with Crippen LogP contribution in [0, 0.1) is 6.92 Å². The van der Waals surface area contributed by atoms with Crippen molar-refractivity contribution < 1.29 is 9.84 Å². The Balaban J connectivity index is 2.29. The van der Waals surface area contributed by atoms with Gasteiger partial charge >= 0.3 is 6.01 Å². The molecule has 1 aromatic carbocycles. The number of nitrogens with zero attached hydrogens (tertiary/aromatic N) is 2. The summed E-state index contributed by atoms with van der Waals surface area (Å²) in [7, 11) is 0. The van der Waals surface area contributed by atoms with Gasteiger partial charge in [-0.05, 0) is 31.0 Å². The molecule has 0 amide bonds. The molecule has 0 radical (unpaired) electrons. The summed E-state index contributed by atoms with van der Waals surface area (Å²) in [6.07, 6.45) is 0. The van der Waals surface area contributed by atoms with Crippen molar-refractivity contribution >= 4 is 0 Å². The number of phenolic OH excluding ortho intramolecular Hbond substituents is 1. The molecule has 0 atom stereocenters. The van der Waals surface area contributed by atoms with Gasteiger partial charge in [0.2, 0.25) is 0 Å². The summed E-state index contributed by atoms with van der Waals surface area (Å²) in [6, 6.07) is 8.83. The van der Waals surface area contributed by atoms with Gasteiger partial charge in [-0.1, -0.05) is 19.9 Å². The minimum atomic E-state index is 0.157. The van der Waals surface area contributed by atoms with Crippen LogP contribution < -0.4 is 4.74 Å². The summed E-state index contributed by atoms with van der Waals surface area (Å²) >= 11 is 0. The maximum Gasteiger partial charge on any atom is 0.322 e. The molecule has 0 aliphatic carbocycles. The Hall–Kier alpha value is -2.10. The second-order valence-corrected chi connectivity index (χ2v) is 4.47. The third-order valence-corrected chi connectivity index (χ3v) is 2.47. The van der Waals surface area contributed by atoms with Gasteiger partial charge in [0, 0.05) is 11.8 Å². The van der Waals surface area contributed by atoms with Crippen LogP contribution in [-0.4, -0.2) is 15.1 Å². The Bertz CT molecular complexity index is 553. The van der Waals surface area contributed by atoms with Crippen molar-refractivity contribution in [3.8, 4) is 17.5 Å². The van der Waals surface area contributed by atoms with E-state index in [1.54, 1.807) is 18.2 Å². The molecule has 18 heavy (non-hydrogen) atoms. The van der Waals surface area contributed by atoms with Gasteiger partial charge in [0.15, 0.2) is 0 Å². The van der Waals surface area contributed by atoms with Crippen molar-refractivity contribution in [2.24, 2.45) is 0 Å². The molecule has 0 unspecified atom stereocenters. The molecule has 1 N–H and O–H groups in total. The highest BCUT2D eigenvalue weighted by Gasteiger charge is 2.07. The molecular formula is C14H16N2O2. The van der Waals surface area contributed by atoms with Crippen LogP contribution in [0.2, 0.25) is 0 Å². The van der Waals surface area contributed by atoms with E-state index in [1.165, 1.54) is 6.07 Å². The Morgan fingerprint density at radius 2 is 1.94 bits per heavy atom. The highest BCUT2D eigenvalue weighted by Crippen LogP contribution is 2.23. The van der Waals surface area contributed by atoms with Crippen molar-refractivity contribution in [2.75, 3.05) is 0 Å². The van der Waals surface area contributed by atoms with Crippen LogP contribution in [-0.2, 0) is 0 Å². The predicted octanol–water partition coefficient (Wildman–Crippen LogP) is 3.41. The van der Waals surface area contributed by atoms with Crippen LogP contribution in [0.5, 0.6) is 17.5 Å². The third-order valence-electron chi connectivity index (χ3n) is 2.47. The molecule has 0 spiro atoms. The van der Waals surface area contributed by atoms with Gasteiger partial charge in [0.05, 0.1) is 5.69 Å². The SMILES string of the molecule is Cc1cc(C(C)C)nc(Oc2cccc(O)c2)n1. The van der Waals surface area contributed by atoms with Gasteiger partial charge in [-0.25, -0.2) is 4.98 Å². The zero-order valence-electron chi connectivity index (χ0n) is 10.7. The van der Waals surface area contributed by atoms with E-state index >= 15 is 0 Å². The molecule has 0 bridgehead atoms. The summed E-state index contributed by atoms with van der Waals surface area (Å²) in [5, 5.41) is 9.37. The largest absolute Gasteiger partial charge is 0.508 e. The second kappa shape index (κ2) is 5.04. The molecule has 0 saturated heterocycles. The average Bonchev–Trinajstić information content (AvgIpc) is 2.28. The quantitative estimate of drug-likeness (QED) is 0.899. The molecule has 4 nitrogen and oxygen atoms in total. The smallest absolute Gasteiger partial charge is 0.322 e. The number of aromatic nitrogens is 2. The highest BCUT2D eigenvalue weighted by molar-refractivity contribution is 5.33. The fourth-order valence-corrected chi connectivity index (χ4v) is 1.56. The topological polar surface area (TPSA) is 55.2 Å². The van der Waals surface area contributed by atoms with E-state index in [1.807, 2.05) is 13.0 Å². The Kier molecular flexibility index (Phi) is 3.46. The van der Waals surface area contributed by atoms with Crippen molar-refractivity contribution in [1.29, 1.82) is 0 Å². The zero-order valence-corrected chi connectivity index (χ0v) is 10.7. The van der Waals surface area contributed by atoms with E-state index in [-0.39, 0.29) is 5.75 Å². The maximum atomic E-state index is 9.37. The Morgan fingerprint density at radius 3 is 2.61 bits per heavy atom. The number of hydrogen-bond donors (Lipinski definition) is 1. The molecule has 94 valence electrons. The normalized spacial score (nSPS) is 10.7. The summed E-state index contributed by atoms with van der Waals surface area (Å²) < 4.78 is 5.55. The van der Waals surface area contributed by atoms with Crippen LogP contribution in [0.25, 0.3) is 0 Å². The van der Waals surface area contributed by atoms with E-state index in [2.05, 4.69) is 23.8 Å². The van der Waals surface area contributed by atoms with Gasteiger partial charge in [-0.3, -0.25) is 0 Å². The first kappa shape index (κ1) is 12.4. The summed E-state index contributed by atoms with van der Waals surface area (Å²) in [4.78, 5) is 8.57. The number of ether oxygens (including phenoxy) is 1. The van der Waals surface area contributed by atoms with E-state index in [4.69, 9.17) is 4.74 Å². The summed E-state index contributed by atoms with van der Waals surface area (Å²) in [6.45, 7) is 6.04. The lowest BCUT2D eigenvalue weighted by Crippen LogP contribution is -2.00. The first-order valence-corrected chi connectivity index (χ1v) is 5.87. The lowest BCUT2D eigenvalue weighted by molar-refractivity contribution is 0.427. The van der Waals surface area contributed by atoms with Gasteiger partial charge in [0.1, 0.15) is 11.5 Å². The molecule has 2 rings (SSSR count). The van der Waals surface area contributed by atoms with Gasteiger partial charge in [0.25, 0.3) is 0 Å². The first-order chi connectivity index (χ1) is 8.54. The molecule has 0 aliphatic rings. The standard InChI is InChI=1S/C14H16N2O2/c1-9(2)13-7-10(3)15-14(16-13)18-12-6-4-5-11(17)8-12/h4-9,17H,1-3H3. The molecular weight excluding hydrogens is 228 g/mol. The molecule has 0 fully saturated rings. The fourth-order valence-electron chi connectivity index (χ4n) is 1.56. The van der Waals surface area contributed by atoms with Crippen molar-refractivity contribution in [2.45, 2.75) is 26.7 Å². The van der Waals surface area contributed by atoms with Gasteiger partial charge < -0.3 is 9.84 Å². The third kappa shape index (κ3) is 2.97. The molecule has 2 aromatic rings. The average molecular weight is 244 g/mol. The summed E-state index contributed by atoms with van der Waals surface area (Å²) in [5.41, 5.74) is 1.81. The molecule has 1 aromatic heterocycles. The number of aryl methyl sites for hydroxylation is 1. The van der Waals surface area contributed by atoms with E-state index < -0.39 is 0 Å². The number of aromatic hydroxyl groups is 1. The minimum Gasteiger partial charge on any atom is -0.508 e. The minimum absolute atomic E-state index is 0.157. The van der Waals surface area contributed by atoms with Gasteiger partial charge in [-0.2, -0.15) is 4.98 Å². The molecule has 1 heterocycles. The number of rotatable bonds is 3. The molecule has 0 aliphatic heterocycles. The second-order valence-electron chi connectivity index (χ2n) is 4.47. The first-order valence-electron chi connectivity index (χ1n) is 5.87. The van der Waals surface area contributed by atoms with Crippen molar-refractivity contribution in [1.82, 2.24) is 9.97 Å². The number of benzene rings is 1. The highest BCUT2D eigenvalue weighted by atomic mass is 16.5. The fraction of sp³-hybridized carbons (Fsp3) is 0.286. The monoisotopic (exact) mass is 244 g/mol. The maximum absolute atomic E-state index is 9.37. The zero-order chi connectivity index (χ0) is 13.1. The molecule has 0 saturated carbocycles. The van der Waals surface area contributed by atoms with Crippen molar-refractivity contribution in [3.63, 3.8) is 0 Å². The number of phenols is 1. The Morgan fingerprint density at radius 1 is 1.17 bits per heavy atom.